The number of carbonyl (C=O) groups excluding carboxylic acids is 1. The van der Waals surface area contributed by atoms with Gasteiger partial charge in [0.2, 0.25) is 5.91 Å². The molecule has 0 spiro atoms. The van der Waals surface area contributed by atoms with Crippen molar-refractivity contribution in [2.75, 3.05) is 13.2 Å². The Hall–Kier alpha value is -0.570. The lowest BCUT2D eigenvalue weighted by atomic mass is 10.0. The summed E-state index contributed by atoms with van der Waals surface area (Å²) in [5.41, 5.74) is 0. The lowest BCUT2D eigenvalue weighted by Crippen LogP contribution is -2.48. The predicted octanol–water partition coefficient (Wildman–Crippen LogP) is 0.157. The van der Waals surface area contributed by atoms with E-state index in [1.165, 1.54) is 0 Å². The topological polar surface area (TPSA) is 38.3 Å². The van der Waals surface area contributed by atoms with E-state index in [1.54, 1.807) is 0 Å². The zero-order chi connectivity index (χ0) is 7.56. The molecule has 0 radical (unpaired) electrons. The summed E-state index contributed by atoms with van der Waals surface area (Å²) in [5, 5.41) is 2.85. The van der Waals surface area contributed by atoms with Crippen molar-refractivity contribution in [2.45, 2.75) is 19.9 Å². The summed E-state index contributed by atoms with van der Waals surface area (Å²) >= 11 is 0. The standard InChI is InChI=1S/C7H13NO2/c1-5(2)6-3-10-4-7(9)8-6/h5-6H,3-4H2,1-2H3,(H,8,9)/t6-/m1/s1. The van der Waals surface area contributed by atoms with Crippen LogP contribution in [0.5, 0.6) is 0 Å². The van der Waals surface area contributed by atoms with E-state index < -0.39 is 0 Å². The Balaban J connectivity index is 2.39. The fraction of sp³-hybridized carbons (Fsp3) is 0.857. The van der Waals surface area contributed by atoms with Gasteiger partial charge in [0, 0.05) is 0 Å². The smallest absolute Gasteiger partial charge is 0.246 e. The van der Waals surface area contributed by atoms with Crippen molar-refractivity contribution in [3.8, 4) is 0 Å². The first-order valence-corrected chi connectivity index (χ1v) is 3.57. The zero-order valence-corrected chi connectivity index (χ0v) is 6.39. The highest BCUT2D eigenvalue weighted by Crippen LogP contribution is 2.04. The van der Waals surface area contributed by atoms with Gasteiger partial charge in [0.05, 0.1) is 12.6 Å². The molecule has 1 N–H and O–H groups in total. The maximum Gasteiger partial charge on any atom is 0.246 e. The highest BCUT2D eigenvalue weighted by molar-refractivity contribution is 5.78. The highest BCUT2D eigenvalue weighted by Gasteiger charge is 2.20. The summed E-state index contributed by atoms with van der Waals surface area (Å²) in [6.07, 6.45) is 0. The first kappa shape index (κ1) is 7.54. The first-order valence-electron chi connectivity index (χ1n) is 3.57. The van der Waals surface area contributed by atoms with Gasteiger partial charge in [0.1, 0.15) is 6.61 Å². The molecule has 1 aliphatic rings. The fourth-order valence-corrected chi connectivity index (χ4v) is 0.928. The molecule has 0 aromatic heterocycles. The molecule has 1 heterocycles. The number of amides is 1. The summed E-state index contributed by atoms with van der Waals surface area (Å²) < 4.78 is 5.04. The summed E-state index contributed by atoms with van der Waals surface area (Å²) in [5.74, 6) is 0.467. The minimum atomic E-state index is 0.00458. The van der Waals surface area contributed by atoms with Crippen molar-refractivity contribution in [3.63, 3.8) is 0 Å². The van der Waals surface area contributed by atoms with Gasteiger partial charge in [-0.2, -0.15) is 0 Å². The molecule has 3 nitrogen and oxygen atoms in total. The third-order valence-corrected chi connectivity index (χ3v) is 1.68. The number of morpholine rings is 1. The van der Waals surface area contributed by atoms with Crippen LogP contribution in [-0.4, -0.2) is 25.2 Å². The maximum absolute atomic E-state index is 10.7. The van der Waals surface area contributed by atoms with Gasteiger partial charge in [-0.15, -0.1) is 0 Å². The molecule has 10 heavy (non-hydrogen) atoms. The van der Waals surface area contributed by atoms with Crippen molar-refractivity contribution in [1.82, 2.24) is 5.32 Å². The van der Waals surface area contributed by atoms with Crippen molar-refractivity contribution in [1.29, 1.82) is 0 Å². The van der Waals surface area contributed by atoms with Crippen LogP contribution < -0.4 is 5.32 Å². The van der Waals surface area contributed by atoms with E-state index in [0.717, 1.165) is 0 Å². The number of hydrogen-bond donors (Lipinski definition) is 1. The third kappa shape index (κ3) is 1.70. The van der Waals surface area contributed by atoms with E-state index in [4.69, 9.17) is 4.74 Å². The van der Waals surface area contributed by atoms with Crippen molar-refractivity contribution in [3.05, 3.63) is 0 Å². The minimum absolute atomic E-state index is 0.00458. The van der Waals surface area contributed by atoms with E-state index in [0.29, 0.717) is 12.5 Å². The molecular weight excluding hydrogens is 130 g/mol. The van der Waals surface area contributed by atoms with E-state index in [9.17, 15) is 4.79 Å². The molecule has 0 aromatic rings. The molecule has 1 fully saturated rings. The molecule has 1 atom stereocenters. The lowest BCUT2D eigenvalue weighted by molar-refractivity contribution is -0.132. The second-order valence-corrected chi connectivity index (χ2v) is 2.93. The largest absolute Gasteiger partial charge is 0.370 e. The zero-order valence-electron chi connectivity index (χ0n) is 6.39. The number of nitrogens with one attached hydrogen (secondary N) is 1. The van der Waals surface area contributed by atoms with Crippen LogP contribution in [0.25, 0.3) is 0 Å². The SMILES string of the molecule is CC(C)[C@H]1COCC(=O)N1. The van der Waals surface area contributed by atoms with Gasteiger partial charge in [0.25, 0.3) is 0 Å². The molecule has 0 aromatic carbocycles. The van der Waals surface area contributed by atoms with Crippen LogP contribution in [0.2, 0.25) is 0 Å². The van der Waals surface area contributed by atoms with Crippen LogP contribution >= 0.6 is 0 Å². The summed E-state index contributed by atoms with van der Waals surface area (Å²) in [6.45, 7) is 5.02. The third-order valence-electron chi connectivity index (χ3n) is 1.68. The molecule has 3 heteroatoms. The van der Waals surface area contributed by atoms with E-state index in [-0.39, 0.29) is 18.6 Å². The maximum atomic E-state index is 10.7. The Morgan fingerprint density at radius 2 is 2.40 bits per heavy atom. The summed E-state index contributed by atoms with van der Waals surface area (Å²) in [6, 6.07) is 0.209. The number of ether oxygens (including phenoxy) is 1. The van der Waals surface area contributed by atoms with Gasteiger partial charge in [0.15, 0.2) is 0 Å². The Bertz CT molecular complexity index is 134. The molecule has 0 unspecified atom stereocenters. The Morgan fingerprint density at radius 1 is 1.70 bits per heavy atom. The average Bonchev–Trinajstić information content (AvgIpc) is 1.88. The molecule has 1 saturated heterocycles. The quantitative estimate of drug-likeness (QED) is 0.567. The van der Waals surface area contributed by atoms with E-state index in [2.05, 4.69) is 19.2 Å². The second-order valence-electron chi connectivity index (χ2n) is 2.93. The predicted molar refractivity (Wildman–Crippen MR) is 37.6 cm³/mol. The molecule has 0 aliphatic carbocycles. The first-order chi connectivity index (χ1) is 4.70. The van der Waals surface area contributed by atoms with Crippen molar-refractivity contribution >= 4 is 5.91 Å². The summed E-state index contributed by atoms with van der Waals surface area (Å²) in [4.78, 5) is 10.7. The van der Waals surface area contributed by atoms with Crippen LogP contribution in [-0.2, 0) is 9.53 Å². The van der Waals surface area contributed by atoms with Gasteiger partial charge in [-0.1, -0.05) is 13.8 Å². The number of rotatable bonds is 1. The minimum Gasteiger partial charge on any atom is -0.370 e. The Morgan fingerprint density at radius 3 is 2.80 bits per heavy atom. The van der Waals surface area contributed by atoms with Gasteiger partial charge in [-0.05, 0) is 5.92 Å². The number of hydrogen-bond acceptors (Lipinski definition) is 2. The van der Waals surface area contributed by atoms with Crippen LogP contribution in [0.4, 0.5) is 0 Å². The van der Waals surface area contributed by atoms with Crippen LogP contribution in [0.3, 0.4) is 0 Å². The summed E-state index contributed by atoms with van der Waals surface area (Å²) in [7, 11) is 0. The molecular formula is C7H13NO2. The molecule has 1 amide bonds. The average molecular weight is 143 g/mol. The van der Waals surface area contributed by atoms with Crippen molar-refractivity contribution in [2.24, 2.45) is 5.92 Å². The second kappa shape index (κ2) is 3.01. The fourth-order valence-electron chi connectivity index (χ4n) is 0.928. The monoisotopic (exact) mass is 143 g/mol. The Kier molecular flexibility index (Phi) is 2.27. The molecule has 0 saturated carbocycles. The normalized spacial score (nSPS) is 26.7. The van der Waals surface area contributed by atoms with E-state index >= 15 is 0 Å². The van der Waals surface area contributed by atoms with Gasteiger partial charge in [-0.25, -0.2) is 0 Å². The van der Waals surface area contributed by atoms with Gasteiger partial charge >= 0.3 is 0 Å². The van der Waals surface area contributed by atoms with Crippen LogP contribution in [0.15, 0.2) is 0 Å². The molecule has 1 rings (SSSR count). The van der Waals surface area contributed by atoms with Crippen LogP contribution in [0.1, 0.15) is 13.8 Å². The van der Waals surface area contributed by atoms with E-state index in [1.807, 2.05) is 0 Å². The lowest BCUT2D eigenvalue weighted by Gasteiger charge is -2.26. The Labute approximate surface area is 60.7 Å². The highest BCUT2D eigenvalue weighted by atomic mass is 16.5. The van der Waals surface area contributed by atoms with Crippen molar-refractivity contribution < 1.29 is 9.53 Å². The van der Waals surface area contributed by atoms with Gasteiger partial charge in [-0.3, -0.25) is 4.79 Å². The molecule has 58 valence electrons. The number of carbonyl (C=O) groups is 1. The van der Waals surface area contributed by atoms with Gasteiger partial charge < -0.3 is 10.1 Å². The van der Waals surface area contributed by atoms with Crippen LogP contribution in [0, 0.1) is 5.92 Å². The molecule has 0 bridgehead atoms. The molecule has 1 aliphatic heterocycles.